The first kappa shape index (κ1) is 14.6. The number of hydrogen-bond acceptors (Lipinski definition) is 2. The molecule has 2 rings (SSSR count). The summed E-state index contributed by atoms with van der Waals surface area (Å²) in [5.74, 6) is -0.621. The molecule has 0 atom stereocenters. The lowest BCUT2D eigenvalue weighted by molar-refractivity contribution is -0.138. The van der Waals surface area contributed by atoms with E-state index in [4.69, 9.17) is 4.74 Å². The van der Waals surface area contributed by atoms with E-state index in [1.54, 1.807) is 0 Å². The SMILES string of the molecule is C=Cc1ccc(C(F)(F)F)c(C(=O)N2CCOCC2)c1. The van der Waals surface area contributed by atoms with Crippen LogP contribution in [0.25, 0.3) is 6.08 Å². The first-order chi connectivity index (χ1) is 9.43. The van der Waals surface area contributed by atoms with Gasteiger partial charge in [0.1, 0.15) is 0 Å². The van der Waals surface area contributed by atoms with Crippen molar-refractivity contribution < 1.29 is 22.7 Å². The normalized spacial score (nSPS) is 16.1. The van der Waals surface area contributed by atoms with E-state index in [-0.39, 0.29) is 5.56 Å². The van der Waals surface area contributed by atoms with Gasteiger partial charge in [-0.05, 0) is 17.7 Å². The maximum Gasteiger partial charge on any atom is 0.417 e. The second-order valence-electron chi connectivity index (χ2n) is 4.41. The van der Waals surface area contributed by atoms with Gasteiger partial charge in [0.25, 0.3) is 5.91 Å². The van der Waals surface area contributed by atoms with Gasteiger partial charge in [-0.3, -0.25) is 4.79 Å². The third-order valence-electron chi connectivity index (χ3n) is 3.11. The number of rotatable bonds is 2. The quantitative estimate of drug-likeness (QED) is 0.836. The van der Waals surface area contributed by atoms with E-state index in [2.05, 4.69) is 6.58 Å². The lowest BCUT2D eigenvalue weighted by Gasteiger charge is -2.28. The number of halogens is 3. The molecule has 1 saturated heterocycles. The van der Waals surface area contributed by atoms with Crippen molar-refractivity contribution in [3.63, 3.8) is 0 Å². The molecule has 0 N–H and O–H groups in total. The van der Waals surface area contributed by atoms with E-state index in [1.807, 2.05) is 0 Å². The largest absolute Gasteiger partial charge is 0.417 e. The monoisotopic (exact) mass is 285 g/mol. The number of morpholine rings is 1. The predicted octanol–water partition coefficient (Wildman–Crippen LogP) is 2.82. The fraction of sp³-hybridized carbons (Fsp3) is 0.357. The first-order valence-corrected chi connectivity index (χ1v) is 6.14. The van der Waals surface area contributed by atoms with E-state index in [1.165, 1.54) is 23.1 Å². The van der Waals surface area contributed by atoms with Gasteiger partial charge in [-0.1, -0.05) is 18.7 Å². The van der Waals surface area contributed by atoms with Crippen molar-refractivity contribution in [1.29, 1.82) is 0 Å². The molecule has 20 heavy (non-hydrogen) atoms. The zero-order chi connectivity index (χ0) is 14.8. The van der Waals surface area contributed by atoms with Crippen molar-refractivity contribution in [2.45, 2.75) is 6.18 Å². The van der Waals surface area contributed by atoms with Gasteiger partial charge in [0.2, 0.25) is 0 Å². The highest BCUT2D eigenvalue weighted by atomic mass is 19.4. The van der Waals surface area contributed by atoms with Crippen LogP contribution in [0.2, 0.25) is 0 Å². The number of amides is 1. The summed E-state index contributed by atoms with van der Waals surface area (Å²) in [7, 11) is 0. The van der Waals surface area contributed by atoms with Gasteiger partial charge >= 0.3 is 6.18 Å². The number of nitrogens with zero attached hydrogens (tertiary/aromatic N) is 1. The van der Waals surface area contributed by atoms with Crippen LogP contribution in [0.1, 0.15) is 21.5 Å². The Labute approximate surface area is 114 Å². The summed E-state index contributed by atoms with van der Waals surface area (Å²) in [5, 5.41) is 0. The third kappa shape index (κ3) is 3.01. The van der Waals surface area contributed by atoms with Gasteiger partial charge in [-0.15, -0.1) is 0 Å². The standard InChI is InChI=1S/C14H14F3NO2/c1-2-10-3-4-12(14(15,16)17)11(9-10)13(19)18-5-7-20-8-6-18/h2-4,9H,1,5-8H2. The number of hydrogen-bond donors (Lipinski definition) is 0. The lowest BCUT2D eigenvalue weighted by Crippen LogP contribution is -2.41. The highest BCUT2D eigenvalue weighted by molar-refractivity contribution is 5.96. The Hall–Kier alpha value is -1.82. The zero-order valence-corrected chi connectivity index (χ0v) is 10.7. The van der Waals surface area contributed by atoms with Crippen LogP contribution in [-0.2, 0) is 10.9 Å². The fourth-order valence-electron chi connectivity index (χ4n) is 2.05. The number of alkyl halides is 3. The molecule has 0 radical (unpaired) electrons. The van der Waals surface area contributed by atoms with E-state index in [0.29, 0.717) is 31.9 Å². The molecule has 3 nitrogen and oxygen atoms in total. The molecule has 0 aromatic heterocycles. The molecule has 1 aliphatic heterocycles. The summed E-state index contributed by atoms with van der Waals surface area (Å²) < 4.78 is 44.1. The average Bonchev–Trinajstić information content (AvgIpc) is 2.45. The molecule has 1 aromatic rings. The van der Waals surface area contributed by atoms with Crippen LogP contribution < -0.4 is 0 Å². The van der Waals surface area contributed by atoms with Crippen LogP contribution >= 0.6 is 0 Å². The Morgan fingerprint density at radius 1 is 1.30 bits per heavy atom. The fourth-order valence-corrected chi connectivity index (χ4v) is 2.05. The van der Waals surface area contributed by atoms with Gasteiger partial charge < -0.3 is 9.64 Å². The number of carbonyl (C=O) groups excluding carboxylic acids is 1. The first-order valence-electron chi connectivity index (χ1n) is 6.14. The molecule has 0 spiro atoms. The summed E-state index contributed by atoms with van der Waals surface area (Å²) >= 11 is 0. The molecule has 1 amide bonds. The molecule has 0 bridgehead atoms. The predicted molar refractivity (Wildman–Crippen MR) is 68.3 cm³/mol. The maximum absolute atomic E-state index is 13.0. The number of carbonyl (C=O) groups is 1. The van der Waals surface area contributed by atoms with Gasteiger partial charge in [0.15, 0.2) is 0 Å². The Morgan fingerprint density at radius 3 is 2.50 bits per heavy atom. The molecule has 0 aliphatic carbocycles. The van der Waals surface area contributed by atoms with E-state index >= 15 is 0 Å². The Kier molecular flexibility index (Phi) is 4.13. The highest BCUT2D eigenvalue weighted by Gasteiger charge is 2.36. The van der Waals surface area contributed by atoms with E-state index in [9.17, 15) is 18.0 Å². The number of benzene rings is 1. The Balaban J connectivity index is 2.41. The van der Waals surface area contributed by atoms with Crippen LogP contribution in [0.4, 0.5) is 13.2 Å². The molecule has 1 fully saturated rings. The summed E-state index contributed by atoms with van der Waals surface area (Å²) in [5.41, 5.74) is -0.772. The molecular weight excluding hydrogens is 271 g/mol. The molecule has 1 aromatic carbocycles. The topological polar surface area (TPSA) is 29.5 Å². The van der Waals surface area contributed by atoms with Gasteiger partial charge in [0, 0.05) is 13.1 Å². The van der Waals surface area contributed by atoms with Crippen molar-refractivity contribution in [2.75, 3.05) is 26.3 Å². The van der Waals surface area contributed by atoms with E-state index in [0.717, 1.165) is 6.07 Å². The van der Waals surface area contributed by atoms with E-state index < -0.39 is 17.6 Å². The molecular formula is C14H14F3NO2. The van der Waals surface area contributed by atoms with Crippen molar-refractivity contribution >= 4 is 12.0 Å². The molecule has 1 heterocycles. The van der Waals surface area contributed by atoms with Crippen molar-refractivity contribution in [3.8, 4) is 0 Å². The van der Waals surface area contributed by atoms with Crippen LogP contribution in [0.5, 0.6) is 0 Å². The van der Waals surface area contributed by atoms with Crippen molar-refractivity contribution in [1.82, 2.24) is 4.90 Å². The molecule has 6 heteroatoms. The highest BCUT2D eigenvalue weighted by Crippen LogP contribution is 2.33. The third-order valence-corrected chi connectivity index (χ3v) is 3.11. The Morgan fingerprint density at radius 2 is 1.95 bits per heavy atom. The minimum Gasteiger partial charge on any atom is -0.378 e. The molecule has 1 aliphatic rings. The smallest absolute Gasteiger partial charge is 0.378 e. The molecule has 0 saturated carbocycles. The van der Waals surface area contributed by atoms with Crippen LogP contribution in [0.15, 0.2) is 24.8 Å². The van der Waals surface area contributed by atoms with Crippen LogP contribution in [0, 0.1) is 0 Å². The lowest BCUT2D eigenvalue weighted by atomic mass is 10.0. The van der Waals surface area contributed by atoms with Crippen LogP contribution in [0.3, 0.4) is 0 Å². The zero-order valence-electron chi connectivity index (χ0n) is 10.7. The summed E-state index contributed by atoms with van der Waals surface area (Å²) in [4.78, 5) is 13.6. The van der Waals surface area contributed by atoms with Gasteiger partial charge in [-0.25, -0.2) is 0 Å². The molecule has 0 unspecified atom stereocenters. The van der Waals surface area contributed by atoms with Gasteiger partial charge in [-0.2, -0.15) is 13.2 Å². The van der Waals surface area contributed by atoms with Gasteiger partial charge in [0.05, 0.1) is 24.3 Å². The average molecular weight is 285 g/mol. The minimum atomic E-state index is -4.56. The Bertz CT molecular complexity index is 520. The number of ether oxygens (including phenoxy) is 1. The molecule has 108 valence electrons. The second-order valence-corrected chi connectivity index (χ2v) is 4.41. The summed E-state index contributed by atoms with van der Waals surface area (Å²) in [6, 6.07) is 3.45. The van der Waals surface area contributed by atoms with Crippen molar-refractivity contribution in [2.24, 2.45) is 0 Å². The maximum atomic E-state index is 13.0. The van der Waals surface area contributed by atoms with Crippen LogP contribution in [-0.4, -0.2) is 37.1 Å². The second kappa shape index (κ2) is 5.66. The van der Waals surface area contributed by atoms with Crippen molar-refractivity contribution in [3.05, 3.63) is 41.5 Å². The summed E-state index contributed by atoms with van der Waals surface area (Å²) in [6.45, 7) is 4.79. The summed E-state index contributed by atoms with van der Waals surface area (Å²) in [6.07, 6.45) is -3.15. The minimum absolute atomic E-state index is 0.300.